The smallest absolute Gasteiger partial charge is 0.343 e. The van der Waals surface area contributed by atoms with Gasteiger partial charge in [0.2, 0.25) is 0 Å². The zero-order chi connectivity index (χ0) is 45.4. The van der Waals surface area contributed by atoms with E-state index >= 15 is 0 Å². The molecule has 3 aliphatic heterocycles. The molecule has 67 heavy (non-hydrogen) atoms. The largest absolute Gasteiger partial charge is 0.375 e. The molecule has 0 fully saturated rings. The van der Waals surface area contributed by atoms with Gasteiger partial charge in [0, 0.05) is 48.6 Å². The lowest BCUT2D eigenvalue weighted by molar-refractivity contribution is 0.332. The second kappa shape index (κ2) is 13.3. The van der Waals surface area contributed by atoms with Crippen molar-refractivity contribution in [3.8, 4) is 22.3 Å². The molecule has 0 amide bonds. The first kappa shape index (κ1) is 39.5. The van der Waals surface area contributed by atoms with Crippen LogP contribution in [0.4, 0.5) is 28.4 Å². The van der Waals surface area contributed by atoms with E-state index in [1.54, 1.807) is 0 Å². The van der Waals surface area contributed by atoms with Crippen LogP contribution in [0.3, 0.4) is 0 Å². The van der Waals surface area contributed by atoms with Gasteiger partial charge in [-0.1, -0.05) is 187 Å². The lowest BCUT2D eigenvalue weighted by Gasteiger charge is -2.53. The summed E-state index contributed by atoms with van der Waals surface area (Å²) in [6.07, 6.45) is 2.36. The quantitative estimate of drug-likeness (QED) is 0.163. The second-order valence-corrected chi connectivity index (χ2v) is 22.9. The van der Waals surface area contributed by atoms with E-state index in [9.17, 15) is 0 Å². The van der Waals surface area contributed by atoms with Gasteiger partial charge in [-0.15, -0.1) is 11.3 Å². The van der Waals surface area contributed by atoms with E-state index in [-0.39, 0.29) is 23.1 Å². The Morgan fingerprint density at radius 3 is 1.82 bits per heavy atom. The number of hydrogen-bond acceptors (Lipinski definition) is 3. The summed E-state index contributed by atoms with van der Waals surface area (Å²) in [6, 6.07) is 65.6. The molecule has 0 saturated carbocycles. The van der Waals surface area contributed by atoms with Gasteiger partial charge in [0.05, 0.1) is 11.1 Å². The highest BCUT2D eigenvalue weighted by molar-refractivity contribution is 7.32. The first-order valence-electron chi connectivity index (χ1n) is 24.3. The summed E-state index contributed by atoms with van der Waals surface area (Å²) in [6.45, 7) is 17.1. The van der Waals surface area contributed by atoms with E-state index in [1.165, 1.54) is 134 Å². The summed E-state index contributed by atoms with van der Waals surface area (Å²) in [7, 11) is 0. The van der Waals surface area contributed by atoms with E-state index in [2.05, 4.69) is 228 Å². The van der Waals surface area contributed by atoms with Crippen LogP contribution in [-0.4, -0.2) is 6.85 Å². The third-order valence-corrected chi connectivity index (χ3v) is 18.3. The number of rotatable bonds is 3. The van der Waals surface area contributed by atoms with Gasteiger partial charge in [0.15, 0.2) is 0 Å². The van der Waals surface area contributed by atoms with Gasteiger partial charge in [-0.25, -0.2) is 0 Å². The van der Waals surface area contributed by atoms with Crippen molar-refractivity contribution < 1.29 is 0 Å². The van der Waals surface area contributed by atoms with Crippen molar-refractivity contribution in [2.45, 2.75) is 83.0 Å². The maximum Gasteiger partial charge on any atom is 0.343 e. The van der Waals surface area contributed by atoms with Crippen LogP contribution in [0.2, 0.25) is 0 Å². The van der Waals surface area contributed by atoms with Gasteiger partial charge in [0.1, 0.15) is 0 Å². The summed E-state index contributed by atoms with van der Waals surface area (Å²) in [5.74, 6) is 0. The average molecular weight is 881 g/mol. The first-order chi connectivity index (χ1) is 32.4. The molecule has 4 heteroatoms. The minimum atomic E-state index is -0.567. The molecule has 1 aromatic heterocycles. The molecule has 5 aliphatic rings. The van der Waals surface area contributed by atoms with E-state index < -0.39 is 5.41 Å². The van der Waals surface area contributed by atoms with Crippen LogP contribution in [0, 0.1) is 6.92 Å². The van der Waals surface area contributed by atoms with Crippen LogP contribution in [0.25, 0.3) is 32.3 Å². The molecule has 4 heterocycles. The van der Waals surface area contributed by atoms with Gasteiger partial charge < -0.3 is 9.71 Å². The van der Waals surface area contributed by atoms with Crippen LogP contribution in [-0.2, 0) is 21.7 Å². The number of benzene rings is 8. The van der Waals surface area contributed by atoms with Crippen molar-refractivity contribution in [1.29, 1.82) is 0 Å². The van der Waals surface area contributed by atoms with Crippen molar-refractivity contribution in [2.24, 2.45) is 0 Å². The number of aryl methyl sites for hydroxylation is 1. The summed E-state index contributed by atoms with van der Waals surface area (Å²) >= 11 is 2.00. The zero-order valence-electron chi connectivity index (χ0n) is 39.5. The van der Waals surface area contributed by atoms with Crippen LogP contribution in [0.5, 0.6) is 0 Å². The van der Waals surface area contributed by atoms with Crippen LogP contribution < -0.4 is 20.0 Å². The fourth-order valence-electron chi connectivity index (χ4n) is 13.9. The molecular weight excluding hydrogens is 828 g/mol. The fourth-order valence-corrected chi connectivity index (χ4v) is 15.1. The van der Waals surface area contributed by atoms with Crippen LogP contribution >= 0.6 is 11.3 Å². The Bertz CT molecular complexity index is 3560. The summed E-state index contributed by atoms with van der Waals surface area (Å²) in [5, 5.41) is 1.32. The predicted molar refractivity (Wildman–Crippen MR) is 285 cm³/mol. The zero-order valence-corrected chi connectivity index (χ0v) is 40.3. The highest BCUT2D eigenvalue weighted by atomic mass is 32.1. The Morgan fingerprint density at radius 1 is 0.493 bits per heavy atom. The van der Waals surface area contributed by atoms with Crippen molar-refractivity contribution in [2.75, 3.05) is 9.71 Å². The maximum atomic E-state index is 2.80. The van der Waals surface area contributed by atoms with E-state index in [0.29, 0.717) is 0 Å². The first-order valence-corrected chi connectivity index (χ1v) is 25.2. The highest BCUT2D eigenvalue weighted by Gasteiger charge is 2.56. The van der Waals surface area contributed by atoms with Crippen LogP contribution in [0.1, 0.15) is 104 Å². The van der Waals surface area contributed by atoms with Crippen molar-refractivity contribution >= 4 is 66.9 Å². The summed E-state index contributed by atoms with van der Waals surface area (Å²) < 4.78 is 2.73. The molecule has 0 N–H and O–H groups in total. The van der Waals surface area contributed by atoms with E-state index in [1.807, 2.05) is 11.3 Å². The van der Waals surface area contributed by atoms with Crippen molar-refractivity contribution in [1.82, 2.24) is 0 Å². The van der Waals surface area contributed by atoms with Gasteiger partial charge in [-0.3, -0.25) is 0 Å². The Labute approximate surface area is 399 Å². The number of para-hydroxylation sites is 2. The molecule has 2 nitrogen and oxygen atoms in total. The molecular formula is C63H53BN2S. The number of fused-ring (bicyclic) bond motifs is 13. The summed E-state index contributed by atoms with van der Waals surface area (Å²) in [5.41, 5.74) is 25.1. The van der Waals surface area contributed by atoms with E-state index in [4.69, 9.17) is 0 Å². The fraction of sp³-hybridized carbons (Fsp3) is 0.206. The van der Waals surface area contributed by atoms with Gasteiger partial charge >= 0.3 is 6.85 Å². The molecule has 0 atom stereocenters. The Balaban J connectivity index is 1.18. The number of anilines is 5. The SMILES string of the molecule is Cc1cc2c(cc1N1c3cc4c(c5c3B(c3sc6ccccc6c31)N1c3ccccc3C(c3ccccc3)(c3ccccc3)c3cccc-5c31)C(C)(C)c1ccccc1-4)C(C)(C)CCC2(C)C. The monoisotopic (exact) mass is 880 g/mol. The third-order valence-electron chi connectivity index (χ3n) is 17.0. The molecule has 0 bridgehead atoms. The molecule has 8 aromatic carbocycles. The maximum absolute atomic E-state index is 2.80. The topological polar surface area (TPSA) is 6.48 Å². The molecule has 0 unspecified atom stereocenters. The molecule has 14 rings (SSSR count). The lowest BCUT2D eigenvalue weighted by atomic mass is 9.44. The molecule has 9 aromatic rings. The Kier molecular flexibility index (Phi) is 7.85. The third kappa shape index (κ3) is 4.92. The molecule has 0 spiro atoms. The van der Waals surface area contributed by atoms with E-state index in [0.717, 1.165) is 0 Å². The molecule has 0 radical (unpaired) electrons. The average Bonchev–Trinajstić information content (AvgIpc) is 3.84. The number of nitrogens with zero attached hydrogens (tertiary/aromatic N) is 2. The highest BCUT2D eigenvalue weighted by Crippen LogP contribution is 2.64. The minimum Gasteiger partial charge on any atom is -0.375 e. The van der Waals surface area contributed by atoms with Gasteiger partial charge in [-0.05, 0) is 127 Å². The number of thiophene rings is 1. The summed E-state index contributed by atoms with van der Waals surface area (Å²) in [4.78, 5) is 5.54. The van der Waals surface area contributed by atoms with Crippen molar-refractivity contribution in [3.05, 3.63) is 220 Å². The molecule has 324 valence electrons. The van der Waals surface area contributed by atoms with Gasteiger partial charge in [0.25, 0.3) is 0 Å². The van der Waals surface area contributed by atoms with Gasteiger partial charge in [-0.2, -0.15) is 0 Å². The number of hydrogen-bond donors (Lipinski definition) is 0. The van der Waals surface area contributed by atoms with Crippen molar-refractivity contribution in [3.63, 3.8) is 0 Å². The standard InChI is InChI=1S/C63H53BN2S/c1-38-35-48-49(61(4,5)34-33-60(48,2)3)37-51(38)65-52-36-44-41-25-14-16-28-45(41)62(6,7)55(44)54-43-27-20-30-47-57(43)66(64(56(52)54)59-58(65)42-26-15-19-32-53(42)67-59)50-31-18-17-29-46(50)63(47,39-21-10-8-11-22-39)40-23-12-9-13-24-40/h8-32,35-37H,33-34H2,1-7H3. The predicted octanol–water partition coefficient (Wildman–Crippen LogP) is 15.3. The van der Waals surface area contributed by atoms with Crippen LogP contribution in [0.15, 0.2) is 170 Å². The Hall–Kier alpha value is -6.62. The Morgan fingerprint density at radius 2 is 1.09 bits per heavy atom. The lowest BCUT2D eigenvalue weighted by Crippen LogP contribution is -2.62. The minimum absolute atomic E-state index is 0.0579. The molecule has 0 saturated heterocycles. The normalized spacial score (nSPS) is 17.7. The molecule has 2 aliphatic carbocycles. The second-order valence-electron chi connectivity index (χ2n) is 21.8.